The van der Waals surface area contributed by atoms with E-state index in [1.54, 1.807) is 54.6 Å². The summed E-state index contributed by atoms with van der Waals surface area (Å²) < 4.78 is 35.7. The Balaban J connectivity index is 1.57. The van der Waals surface area contributed by atoms with Gasteiger partial charge in [0.05, 0.1) is 34.1 Å². The summed E-state index contributed by atoms with van der Waals surface area (Å²) in [6, 6.07) is 20.1. The van der Waals surface area contributed by atoms with Gasteiger partial charge in [-0.25, -0.2) is 13.8 Å². The average Bonchev–Trinajstić information content (AvgIpc) is 3.22. The Labute approximate surface area is 250 Å². The molecule has 0 radical (unpaired) electrons. The fraction of sp³-hybridized carbons (Fsp3) is 0.200. The highest BCUT2D eigenvalue weighted by atomic mass is 35.5. The topological polar surface area (TPSA) is 93.0 Å². The maximum Gasteiger partial charge on any atom is 0.264 e. The van der Waals surface area contributed by atoms with Gasteiger partial charge in [0.25, 0.3) is 15.9 Å². The minimum atomic E-state index is -4.06. The first-order valence-corrected chi connectivity index (χ1v) is 15.0. The third-order valence-corrected chi connectivity index (χ3v) is 8.69. The molecule has 0 bridgehead atoms. The minimum Gasteiger partial charge on any atom is -0.494 e. The van der Waals surface area contributed by atoms with Crippen LogP contribution in [-0.4, -0.2) is 38.3 Å². The molecule has 4 aromatic rings. The number of hydrogen-bond donors (Lipinski definition) is 1. The third-order valence-electron chi connectivity index (χ3n) is 6.34. The van der Waals surface area contributed by atoms with Gasteiger partial charge in [0.1, 0.15) is 12.3 Å². The van der Waals surface area contributed by atoms with Crippen molar-refractivity contribution in [2.45, 2.75) is 32.6 Å². The Bertz CT molecular complexity index is 1680. The van der Waals surface area contributed by atoms with Gasteiger partial charge in [-0.15, -0.1) is 0 Å². The molecule has 0 spiro atoms. The number of sulfonamides is 1. The van der Waals surface area contributed by atoms with Gasteiger partial charge in [-0.3, -0.25) is 9.10 Å². The standard InChI is InChI=1S/C30H30Cl2N4O4S/c1-5-40-26-11-9-25(10-12-26)35(41(38,39)27-13-6-20(2)7-14-27)19-30(37)34-33-18-23-16-21(3)36(22(23)4)29-17-24(31)8-15-28(29)32/h6-18H,5,19H2,1-4H3,(H,34,37)/b33-18-. The number of hydrazone groups is 1. The average molecular weight is 614 g/mol. The zero-order valence-electron chi connectivity index (χ0n) is 23.1. The van der Waals surface area contributed by atoms with Crippen LogP contribution in [0.1, 0.15) is 29.4 Å². The van der Waals surface area contributed by atoms with E-state index < -0.39 is 22.5 Å². The molecule has 0 aliphatic heterocycles. The van der Waals surface area contributed by atoms with Gasteiger partial charge in [-0.05, 0) is 88.4 Å². The van der Waals surface area contributed by atoms with Gasteiger partial charge in [0.2, 0.25) is 0 Å². The number of aryl methyl sites for hydroxylation is 2. The molecule has 8 nitrogen and oxygen atoms in total. The van der Waals surface area contributed by atoms with E-state index in [1.807, 2.05) is 38.3 Å². The molecule has 11 heteroatoms. The number of halogens is 2. The van der Waals surface area contributed by atoms with E-state index in [1.165, 1.54) is 18.3 Å². The summed E-state index contributed by atoms with van der Waals surface area (Å²) in [4.78, 5) is 13.1. The van der Waals surface area contributed by atoms with Crippen LogP contribution in [0.15, 0.2) is 82.8 Å². The molecule has 1 aromatic heterocycles. The van der Waals surface area contributed by atoms with E-state index in [-0.39, 0.29) is 4.90 Å². The van der Waals surface area contributed by atoms with Crippen molar-refractivity contribution in [3.8, 4) is 11.4 Å². The van der Waals surface area contributed by atoms with Crippen LogP contribution in [0.2, 0.25) is 10.0 Å². The smallest absolute Gasteiger partial charge is 0.264 e. The molecule has 0 atom stereocenters. The van der Waals surface area contributed by atoms with Crippen LogP contribution in [-0.2, 0) is 14.8 Å². The quantitative estimate of drug-likeness (QED) is 0.164. The molecule has 0 aliphatic rings. The van der Waals surface area contributed by atoms with E-state index in [4.69, 9.17) is 27.9 Å². The second kappa shape index (κ2) is 12.8. The zero-order chi connectivity index (χ0) is 29.7. The Morgan fingerprint density at radius 2 is 1.68 bits per heavy atom. The van der Waals surface area contributed by atoms with Crippen LogP contribution in [0.4, 0.5) is 5.69 Å². The number of hydrogen-bond acceptors (Lipinski definition) is 5. The van der Waals surface area contributed by atoms with Crippen LogP contribution < -0.4 is 14.5 Å². The van der Waals surface area contributed by atoms with Crippen molar-refractivity contribution in [2.75, 3.05) is 17.5 Å². The van der Waals surface area contributed by atoms with E-state index in [2.05, 4.69) is 10.5 Å². The molecule has 214 valence electrons. The van der Waals surface area contributed by atoms with Crippen molar-refractivity contribution in [1.82, 2.24) is 9.99 Å². The molecule has 1 amide bonds. The van der Waals surface area contributed by atoms with Crippen LogP contribution >= 0.6 is 23.2 Å². The van der Waals surface area contributed by atoms with Crippen molar-refractivity contribution in [2.24, 2.45) is 5.10 Å². The summed E-state index contributed by atoms with van der Waals surface area (Å²) in [5, 5.41) is 5.20. The largest absolute Gasteiger partial charge is 0.494 e. The summed E-state index contributed by atoms with van der Waals surface area (Å²) in [6.07, 6.45) is 1.50. The number of nitrogens with zero attached hydrogens (tertiary/aromatic N) is 3. The number of nitrogens with one attached hydrogen (secondary N) is 1. The minimum absolute atomic E-state index is 0.0698. The molecule has 3 aromatic carbocycles. The fourth-order valence-electron chi connectivity index (χ4n) is 4.31. The predicted octanol–water partition coefficient (Wildman–Crippen LogP) is 6.45. The molecule has 1 N–H and O–H groups in total. The van der Waals surface area contributed by atoms with Crippen molar-refractivity contribution in [3.63, 3.8) is 0 Å². The number of aromatic nitrogens is 1. The first-order valence-electron chi connectivity index (χ1n) is 12.8. The normalized spacial score (nSPS) is 11.6. The Hall–Kier alpha value is -3.79. The number of carbonyl (C=O) groups excluding carboxylic acids is 1. The monoisotopic (exact) mass is 612 g/mol. The maximum atomic E-state index is 13.6. The SMILES string of the molecule is CCOc1ccc(N(CC(=O)N/N=C\c2cc(C)n(-c3cc(Cl)ccc3Cl)c2C)S(=O)(=O)c2ccc(C)cc2)cc1. The van der Waals surface area contributed by atoms with Gasteiger partial charge >= 0.3 is 0 Å². The number of benzene rings is 3. The maximum absolute atomic E-state index is 13.6. The molecule has 4 rings (SSSR count). The number of carbonyl (C=O) groups is 1. The Morgan fingerprint density at radius 3 is 2.34 bits per heavy atom. The van der Waals surface area contributed by atoms with Crippen molar-refractivity contribution >= 4 is 51.0 Å². The van der Waals surface area contributed by atoms with Gasteiger partial charge in [-0.2, -0.15) is 5.10 Å². The van der Waals surface area contributed by atoms with E-state index in [0.29, 0.717) is 28.1 Å². The lowest BCUT2D eigenvalue weighted by atomic mass is 10.2. The van der Waals surface area contributed by atoms with Crippen molar-refractivity contribution in [1.29, 1.82) is 0 Å². The number of anilines is 1. The molecule has 41 heavy (non-hydrogen) atoms. The van der Waals surface area contributed by atoms with Gasteiger partial charge in [-0.1, -0.05) is 40.9 Å². The van der Waals surface area contributed by atoms with Crippen LogP contribution in [0.25, 0.3) is 5.69 Å². The first kappa shape index (κ1) is 30.2. The Morgan fingerprint density at radius 1 is 1.00 bits per heavy atom. The van der Waals surface area contributed by atoms with Gasteiger partial charge in [0, 0.05) is 22.0 Å². The summed E-state index contributed by atoms with van der Waals surface area (Å²) in [7, 11) is -4.06. The number of rotatable bonds is 10. The third kappa shape index (κ3) is 6.93. The van der Waals surface area contributed by atoms with E-state index >= 15 is 0 Å². The van der Waals surface area contributed by atoms with E-state index in [0.717, 1.165) is 32.5 Å². The van der Waals surface area contributed by atoms with Crippen molar-refractivity contribution < 1.29 is 17.9 Å². The summed E-state index contributed by atoms with van der Waals surface area (Å²) in [5.74, 6) is -0.0211. The lowest BCUT2D eigenvalue weighted by Crippen LogP contribution is -2.39. The second-order valence-corrected chi connectivity index (χ2v) is 12.0. The molecule has 1 heterocycles. The molecule has 0 fully saturated rings. The van der Waals surface area contributed by atoms with Crippen LogP contribution in [0, 0.1) is 20.8 Å². The first-order chi connectivity index (χ1) is 19.5. The lowest BCUT2D eigenvalue weighted by molar-refractivity contribution is -0.119. The van der Waals surface area contributed by atoms with E-state index in [9.17, 15) is 13.2 Å². The highest BCUT2D eigenvalue weighted by Crippen LogP contribution is 2.29. The summed E-state index contributed by atoms with van der Waals surface area (Å²) in [6.45, 7) is 7.53. The highest BCUT2D eigenvalue weighted by Gasteiger charge is 2.27. The zero-order valence-corrected chi connectivity index (χ0v) is 25.4. The molecule has 0 saturated heterocycles. The molecule has 0 unspecified atom stereocenters. The molecular formula is C30H30Cl2N4O4S. The molecule has 0 aliphatic carbocycles. The Kier molecular flexibility index (Phi) is 9.42. The van der Waals surface area contributed by atoms with Gasteiger partial charge < -0.3 is 9.30 Å². The highest BCUT2D eigenvalue weighted by molar-refractivity contribution is 7.92. The van der Waals surface area contributed by atoms with Crippen LogP contribution in [0.5, 0.6) is 5.75 Å². The fourth-order valence-corrected chi connectivity index (χ4v) is 6.10. The van der Waals surface area contributed by atoms with Crippen molar-refractivity contribution in [3.05, 3.63) is 105 Å². The molecule has 0 saturated carbocycles. The lowest BCUT2D eigenvalue weighted by Gasteiger charge is -2.24. The summed E-state index contributed by atoms with van der Waals surface area (Å²) >= 11 is 12.6. The number of ether oxygens (including phenoxy) is 1. The number of amides is 1. The van der Waals surface area contributed by atoms with Gasteiger partial charge in [0.15, 0.2) is 0 Å². The predicted molar refractivity (Wildman–Crippen MR) is 164 cm³/mol. The second-order valence-electron chi connectivity index (χ2n) is 9.30. The molecular weight excluding hydrogens is 583 g/mol. The van der Waals surface area contributed by atoms with Crippen LogP contribution in [0.3, 0.4) is 0 Å². The summed E-state index contributed by atoms with van der Waals surface area (Å²) in [5.41, 5.74) is 6.89.